The molecule has 0 aliphatic carbocycles. The molecule has 18 heavy (non-hydrogen) atoms. The Morgan fingerprint density at radius 3 is 2.72 bits per heavy atom. The largest absolute Gasteiger partial charge is 0.399 e. The minimum absolute atomic E-state index is 0.00222. The molecule has 1 amide bonds. The van der Waals surface area contributed by atoms with Crippen LogP contribution >= 0.6 is 0 Å². The van der Waals surface area contributed by atoms with Crippen molar-refractivity contribution in [3.05, 3.63) is 29.8 Å². The van der Waals surface area contributed by atoms with Gasteiger partial charge in [0.05, 0.1) is 19.6 Å². The van der Waals surface area contributed by atoms with E-state index in [9.17, 15) is 13.6 Å². The Morgan fingerprint density at radius 2 is 2.17 bits per heavy atom. The van der Waals surface area contributed by atoms with E-state index in [1.807, 2.05) is 0 Å². The fourth-order valence-corrected chi connectivity index (χ4v) is 1.59. The summed E-state index contributed by atoms with van der Waals surface area (Å²) in [4.78, 5) is 12.7. The van der Waals surface area contributed by atoms with Crippen LogP contribution in [0.15, 0.2) is 24.3 Å². The third-order valence-electron chi connectivity index (χ3n) is 2.39. The van der Waals surface area contributed by atoms with Crippen molar-refractivity contribution in [1.29, 1.82) is 0 Å². The van der Waals surface area contributed by atoms with E-state index >= 15 is 0 Å². The van der Waals surface area contributed by atoms with Gasteiger partial charge in [0.25, 0.3) is 6.43 Å². The van der Waals surface area contributed by atoms with E-state index < -0.39 is 18.9 Å². The Morgan fingerprint density at radius 1 is 1.44 bits per heavy atom. The normalized spacial score (nSPS) is 10.7. The number of aliphatic hydroxyl groups is 1. The number of carbonyl (C=O) groups excluding carboxylic acids is 1. The monoisotopic (exact) mass is 258 g/mol. The molecule has 0 saturated heterocycles. The quantitative estimate of drug-likeness (QED) is 0.745. The summed E-state index contributed by atoms with van der Waals surface area (Å²) in [5.74, 6) is -0.449. The zero-order valence-corrected chi connectivity index (χ0v) is 9.85. The van der Waals surface area contributed by atoms with Crippen molar-refractivity contribution >= 4 is 11.6 Å². The van der Waals surface area contributed by atoms with E-state index in [1.54, 1.807) is 24.3 Å². The van der Waals surface area contributed by atoms with Gasteiger partial charge >= 0.3 is 0 Å². The highest BCUT2D eigenvalue weighted by Gasteiger charge is 2.17. The second-order valence-corrected chi connectivity index (χ2v) is 3.88. The Balaban J connectivity index is 2.66. The van der Waals surface area contributed by atoms with Crippen LogP contribution in [-0.2, 0) is 11.2 Å². The zero-order valence-electron chi connectivity index (χ0n) is 9.85. The van der Waals surface area contributed by atoms with Crippen molar-refractivity contribution in [2.24, 2.45) is 0 Å². The fraction of sp³-hybridized carbons (Fsp3) is 0.417. The molecule has 6 heteroatoms. The van der Waals surface area contributed by atoms with Crippen LogP contribution < -0.4 is 5.73 Å². The molecule has 3 N–H and O–H groups in total. The summed E-state index contributed by atoms with van der Waals surface area (Å²) in [5.41, 5.74) is 6.75. The van der Waals surface area contributed by atoms with Crippen LogP contribution in [0.25, 0.3) is 0 Å². The standard InChI is InChI=1S/C12H16F2N2O2/c13-11(14)8-16(4-5-17)12(18)7-9-2-1-3-10(15)6-9/h1-3,6,11,17H,4-5,7-8,15H2. The van der Waals surface area contributed by atoms with Gasteiger partial charge in [-0.15, -0.1) is 0 Å². The summed E-state index contributed by atoms with van der Waals surface area (Å²) in [7, 11) is 0. The zero-order chi connectivity index (χ0) is 13.5. The van der Waals surface area contributed by atoms with E-state index in [1.165, 1.54) is 0 Å². The molecule has 1 aromatic rings. The summed E-state index contributed by atoms with van der Waals surface area (Å²) in [5, 5.41) is 8.75. The van der Waals surface area contributed by atoms with Gasteiger partial charge < -0.3 is 15.7 Å². The van der Waals surface area contributed by atoms with Crippen molar-refractivity contribution < 1.29 is 18.7 Å². The van der Waals surface area contributed by atoms with Gasteiger partial charge in [-0.3, -0.25) is 4.79 Å². The number of nitrogen functional groups attached to an aromatic ring is 1. The predicted molar refractivity (Wildman–Crippen MR) is 64.2 cm³/mol. The number of hydrogen-bond donors (Lipinski definition) is 2. The number of aliphatic hydroxyl groups excluding tert-OH is 1. The maximum absolute atomic E-state index is 12.3. The predicted octanol–water partition coefficient (Wildman–Crippen LogP) is 0.897. The molecule has 100 valence electrons. The second-order valence-electron chi connectivity index (χ2n) is 3.88. The average Bonchev–Trinajstić information content (AvgIpc) is 2.27. The number of anilines is 1. The highest BCUT2D eigenvalue weighted by atomic mass is 19.3. The van der Waals surface area contributed by atoms with Crippen molar-refractivity contribution in [2.45, 2.75) is 12.8 Å². The summed E-state index contributed by atoms with van der Waals surface area (Å²) in [6, 6.07) is 6.70. The molecule has 4 nitrogen and oxygen atoms in total. The molecular formula is C12H16F2N2O2. The minimum Gasteiger partial charge on any atom is -0.399 e. The van der Waals surface area contributed by atoms with Gasteiger partial charge in [0, 0.05) is 12.2 Å². The number of alkyl halides is 2. The smallest absolute Gasteiger partial charge is 0.255 e. The minimum atomic E-state index is -2.61. The summed E-state index contributed by atoms with van der Waals surface area (Å²) in [6.45, 7) is -1.09. The Labute approximate surface area is 104 Å². The number of amides is 1. The van der Waals surface area contributed by atoms with Gasteiger partial charge in [0.15, 0.2) is 0 Å². The summed E-state index contributed by atoms with van der Waals surface area (Å²) < 4.78 is 24.6. The first kappa shape index (κ1) is 14.4. The number of nitrogens with two attached hydrogens (primary N) is 1. The highest BCUT2D eigenvalue weighted by molar-refractivity contribution is 5.79. The molecule has 0 aliphatic heterocycles. The van der Waals surface area contributed by atoms with Crippen LogP contribution in [0.5, 0.6) is 0 Å². The molecule has 0 saturated carbocycles. The van der Waals surface area contributed by atoms with Crippen molar-refractivity contribution in [1.82, 2.24) is 4.90 Å². The fourth-order valence-electron chi connectivity index (χ4n) is 1.59. The van der Waals surface area contributed by atoms with Crippen LogP contribution in [0.3, 0.4) is 0 Å². The van der Waals surface area contributed by atoms with Gasteiger partial charge in [-0.05, 0) is 17.7 Å². The van der Waals surface area contributed by atoms with E-state index in [4.69, 9.17) is 10.8 Å². The molecule has 0 radical (unpaired) electrons. The first-order valence-corrected chi connectivity index (χ1v) is 5.54. The topological polar surface area (TPSA) is 66.6 Å². The van der Waals surface area contributed by atoms with Gasteiger partial charge in [0.1, 0.15) is 0 Å². The molecule has 1 aromatic carbocycles. The third kappa shape index (κ3) is 4.67. The molecule has 0 aliphatic rings. The lowest BCUT2D eigenvalue weighted by atomic mass is 10.1. The van der Waals surface area contributed by atoms with Crippen LogP contribution in [-0.4, -0.2) is 42.0 Å². The van der Waals surface area contributed by atoms with Gasteiger partial charge in [-0.25, -0.2) is 8.78 Å². The van der Waals surface area contributed by atoms with Crippen LogP contribution in [0.4, 0.5) is 14.5 Å². The molecule has 0 heterocycles. The van der Waals surface area contributed by atoms with Crippen molar-refractivity contribution in [3.8, 4) is 0 Å². The number of nitrogens with zero attached hydrogens (tertiary/aromatic N) is 1. The van der Waals surface area contributed by atoms with E-state index in [0.717, 1.165) is 4.90 Å². The molecule has 0 bridgehead atoms. The highest BCUT2D eigenvalue weighted by Crippen LogP contribution is 2.09. The van der Waals surface area contributed by atoms with Crippen LogP contribution in [0, 0.1) is 0 Å². The maximum atomic E-state index is 12.3. The molecule has 0 aromatic heterocycles. The Hall–Kier alpha value is -1.69. The number of benzene rings is 1. The van der Waals surface area contributed by atoms with Gasteiger partial charge in [-0.2, -0.15) is 0 Å². The Bertz CT molecular complexity index is 399. The van der Waals surface area contributed by atoms with E-state index in [2.05, 4.69) is 0 Å². The average molecular weight is 258 g/mol. The van der Waals surface area contributed by atoms with E-state index in [0.29, 0.717) is 11.3 Å². The van der Waals surface area contributed by atoms with Crippen LogP contribution in [0.1, 0.15) is 5.56 Å². The number of rotatable bonds is 6. The Kier molecular flexibility index (Phi) is 5.51. The summed E-state index contributed by atoms with van der Waals surface area (Å²) in [6.07, 6.45) is -2.61. The second kappa shape index (κ2) is 6.90. The van der Waals surface area contributed by atoms with E-state index in [-0.39, 0.29) is 19.6 Å². The lowest BCUT2D eigenvalue weighted by Crippen LogP contribution is -2.38. The first-order valence-electron chi connectivity index (χ1n) is 5.54. The number of halogens is 2. The number of carbonyl (C=O) groups is 1. The van der Waals surface area contributed by atoms with Crippen molar-refractivity contribution in [3.63, 3.8) is 0 Å². The summed E-state index contributed by atoms with van der Waals surface area (Å²) >= 11 is 0. The molecule has 0 spiro atoms. The molecular weight excluding hydrogens is 242 g/mol. The maximum Gasteiger partial charge on any atom is 0.255 e. The SMILES string of the molecule is Nc1cccc(CC(=O)N(CCO)CC(F)F)c1. The first-order chi connectivity index (χ1) is 8.52. The lowest BCUT2D eigenvalue weighted by molar-refractivity contribution is -0.133. The van der Waals surface area contributed by atoms with Crippen LogP contribution in [0.2, 0.25) is 0 Å². The van der Waals surface area contributed by atoms with Crippen molar-refractivity contribution in [2.75, 3.05) is 25.4 Å². The molecule has 1 rings (SSSR count). The third-order valence-corrected chi connectivity index (χ3v) is 2.39. The molecule has 0 atom stereocenters. The number of hydrogen-bond acceptors (Lipinski definition) is 3. The molecule has 0 unspecified atom stereocenters. The lowest BCUT2D eigenvalue weighted by Gasteiger charge is -2.21. The van der Waals surface area contributed by atoms with Gasteiger partial charge in [0.2, 0.25) is 5.91 Å². The van der Waals surface area contributed by atoms with Gasteiger partial charge in [-0.1, -0.05) is 12.1 Å². The molecule has 0 fully saturated rings.